The number of sulfonamides is 2. The van der Waals surface area contributed by atoms with E-state index in [0.717, 1.165) is 19.3 Å². The van der Waals surface area contributed by atoms with Crippen LogP contribution >= 0.6 is 11.6 Å². The summed E-state index contributed by atoms with van der Waals surface area (Å²) in [4.78, 5) is 15.5. The second-order valence-electron chi connectivity index (χ2n) is 7.54. The lowest BCUT2D eigenvalue weighted by molar-refractivity contribution is -0.115. The summed E-state index contributed by atoms with van der Waals surface area (Å²) in [5.74, 6) is 0.156. The first-order valence-electron chi connectivity index (χ1n) is 9.95. The van der Waals surface area contributed by atoms with E-state index >= 15 is 0 Å². The number of aliphatic imine (C=N–C) groups is 1. The summed E-state index contributed by atoms with van der Waals surface area (Å²) in [5, 5.41) is 2.55. The summed E-state index contributed by atoms with van der Waals surface area (Å²) in [5.41, 5.74) is 1.05. The highest BCUT2D eigenvalue weighted by molar-refractivity contribution is 7.93. The summed E-state index contributed by atoms with van der Waals surface area (Å²) in [7, 11) is -8.07. The van der Waals surface area contributed by atoms with Crippen LogP contribution in [0.1, 0.15) is 31.2 Å². The quantitative estimate of drug-likeness (QED) is 0.585. The highest BCUT2D eigenvalue weighted by atomic mass is 35.5. The minimum absolute atomic E-state index is 0.0539. The number of hydrogen-bond acceptors (Lipinski definition) is 6. The van der Waals surface area contributed by atoms with Gasteiger partial charge in [-0.25, -0.2) is 16.8 Å². The minimum atomic E-state index is -4.14. The molecule has 0 saturated heterocycles. The second kappa shape index (κ2) is 8.72. The van der Waals surface area contributed by atoms with Crippen molar-refractivity contribution in [2.24, 2.45) is 4.99 Å². The van der Waals surface area contributed by atoms with E-state index in [0.29, 0.717) is 30.1 Å². The monoisotopic (exact) mass is 496 g/mol. The summed E-state index contributed by atoms with van der Waals surface area (Å²) in [6, 6.07) is 8.19. The molecule has 0 saturated carbocycles. The van der Waals surface area contributed by atoms with Crippen molar-refractivity contribution in [2.45, 2.75) is 41.9 Å². The van der Waals surface area contributed by atoms with Gasteiger partial charge in [-0.1, -0.05) is 24.1 Å². The van der Waals surface area contributed by atoms with Crippen LogP contribution in [0.4, 0.5) is 11.4 Å². The summed E-state index contributed by atoms with van der Waals surface area (Å²) >= 11 is 6.14. The van der Waals surface area contributed by atoms with E-state index < -0.39 is 20.0 Å². The van der Waals surface area contributed by atoms with Gasteiger partial charge in [0.25, 0.3) is 20.0 Å². The van der Waals surface area contributed by atoms with Crippen LogP contribution < -0.4 is 14.8 Å². The molecule has 32 heavy (non-hydrogen) atoms. The third-order valence-electron chi connectivity index (χ3n) is 5.10. The van der Waals surface area contributed by atoms with Gasteiger partial charge in [0, 0.05) is 18.7 Å². The van der Waals surface area contributed by atoms with Gasteiger partial charge < -0.3 is 5.32 Å². The number of rotatable bonds is 5. The fourth-order valence-electron chi connectivity index (χ4n) is 3.54. The van der Waals surface area contributed by atoms with Crippen LogP contribution in [-0.4, -0.2) is 35.1 Å². The van der Waals surface area contributed by atoms with Crippen LogP contribution in [0.25, 0.3) is 0 Å². The first-order chi connectivity index (χ1) is 15.1. The molecule has 0 radical (unpaired) electrons. The van der Waals surface area contributed by atoms with E-state index in [1.165, 1.54) is 36.4 Å². The van der Waals surface area contributed by atoms with E-state index in [9.17, 15) is 21.6 Å². The van der Waals surface area contributed by atoms with Crippen molar-refractivity contribution in [1.82, 2.24) is 4.72 Å². The molecule has 12 heteroatoms. The average Bonchev–Trinajstić information content (AvgIpc) is 2.90. The molecule has 0 bridgehead atoms. The second-order valence-corrected chi connectivity index (χ2v) is 11.3. The lowest BCUT2D eigenvalue weighted by atomic mass is 10.2. The van der Waals surface area contributed by atoms with Gasteiger partial charge >= 0.3 is 0 Å². The zero-order valence-electron chi connectivity index (χ0n) is 16.9. The molecule has 0 fully saturated rings. The molecule has 3 N–H and O–H groups in total. The number of hydrogen-bond donors (Lipinski definition) is 3. The van der Waals surface area contributed by atoms with Crippen LogP contribution in [0.2, 0.25) is 5.02 Å². The number of carbonyl (C=O) groups excluding carboxylic acids is 1. The number of amidine groups is 1. The molecule has 0 aliphatic carbocycles. The number of amides is 1. The zero-order valence-corrected chi connectivity index (χ0v) is 19.3. The Kier molecular flexibility index (Phi) is 6.15. The fourth-order valence-corrected chi connectivity index (χ4v) is 6.30. The Balaban J connectivity index is 1.58. The van der Waals surface area contributed by atoms with Gasteiger partial charge in [0.2, 0.25) is 5.91 Å². The Hall–Kier alpha value is -2.63. The van der Waals surface area contributed by atoms with E-state index in [1.807, 2.05) is 0 Å². The normalized spacial score (nSPS) is 16.5. The van der Waals surface area contributed by atoms with Crippen LogP contribution in [0.15, 0.2) is 51.2 Å². The molecule has 0 atom stereocenters. The highest BCUT2D eigenvalue weighted by Gasteiger charge is 2.26. The van der Waals surface area contributed by atoms with Crippen LogP contribution in [-0.2, 0) is 31.3 Å². The number of halogens is 1. The third-order valence-corrected chi connectivity index (χ3v) is 8.32. The number of carbonyl (C=O) groups is 1. The Labute approximate surface area is 191 Å². The molecule has 1 amide bonds. The summed E-state index contributed by atoms with van der Waals surface area (Å²) < 4.78 is 56.3. The maximum Gasteiger partial charge on any atom is 0.263 e. The molecule has 4 rings (SSSR count). The van der Waals surface area contributed by atoms with Gasteiger partial charge in [-0.15, -0.1) is 0 Å². The number of fused-ring (bicyclic) bond motifs is 1. The first kappa shape index (κ1) is 22.6. The zero-order chi connectivity index (χ0) is 22.9. The van der Waals surface area contributed by atoms with Crippen LogP contribution in [0, 0.1) is 0 Å². The van der Waals surface area contributed by atoms with Crippen LogP contribution in [0.3, 0.4) is 0 Å². The highest BCUT2D eigenvalue weighted by Crippen LogP contribution is 2.33. The van der Waals surface area contributed by atoms with Crippen molar-refractivity contribution >= 4 is 54.8 Å². The van der Waals surface area contributed by atoms with Crippen molar-refractivity contribution in [1.29, 1.82) is 0 Å². The molecule has 2 aliphatic rings. The predicted molar refractivity (Wildman–Crippen MR) is 122 cm³/mol. The Morgan fingerprint density at radius 1 is 0.969 bits per heavy atom. The Morgan fingerprint density at radius 3 is 2.59 bits per heavy atom. The lowest BCUT2D eigenvalue weighted by Crippen LogP contribution is -2.30. The largest absolute Gasteiger partial charge is 0.325 e. The molecular weight excluding hydrogens is 476 g/mol. The first-order valence-corrected chi connectivity index (χ1v) is 13.3. The minimum Gasteiger partial charge on any atom is -0.325 e. The van der Waals surface area contributed by atoms with Gasteiger partial charge in [-0.05, 0) is 48.7 Å². The van der Waals surface area contributed by atoms with E-state index in [-0.39, 0.29) is 32.8 Å². The molecule has 170 valence electrons. The van der Waals surface area contributed by atoms with Crippen molar-refractivity contribution in [2.75, 3.05) is 16.6 Å². The number of nitrogens with one attached hydrogen (secondary N) is 3. The molecule has 2 aromatic rings. The van der Waals surface area contributed by atoms with Gasteiger partial charge in [0.15, 0.2) is 0 Å². The molecule has 0 spiro atoms. The van der Waals surface area contributed by atoms with Gasteiger partial charge in [0.05, 0.1) is 22.0 Å². The Morgan fingerprint density at radius 2 is 1.78 bits per heavy atom. The van der Waals surface area contributed by atoms with Crippen molar-refractivity contribution in [3.63, 3.8) is 0 Å². The number of nitrogens with zero attached hydrogens (tertiary/aromatic N) is 1. The molecule has 2 heterocycles. The SMILES string of the molecule is O=C1Cc2cc(S(=O)(=O)Nc3cccc(S(=O)(=O)NC4=NCCCCC4)c3)c(Cl)cc2N1. The van der Waals surface area contributed by atoms with E-state index in [4.69, 9.17) is 11.6 Å². The average molecular weight is 497 g/mol. The fraction of sp³-hybridized carbons (Fsp3) is 0.300. The van der Waals surface area contributed by atoms with Crippen molar-refractivity contribution < 1.29 is 21.6 Å². The molecule has 2 aromatic carbocycles. The third kappa shape index (κ3) is 4.89. The smallest absolute Gasteiger partial charge is 0.263 e. The van der Waals surface area contributed by atoms with E-state index in [1.54, 1.807) is 0 Å². The maximum atomic E-state index is 12.9. The van der Waals surface area contributed by atoms with Crippen LogP contribution in [0.5, 0.6) is 0 Å². The lowest BCUT2D eigenvalue weighted by Gasteiger charge is -2.13. The maximum absolute atomic E-state index is 12.9. The molecule has 0 aromatic heterocycles. The molecular formula is C20H21ClN4O5S2. The van der Waals surface area contributed by atoms with Crippen molar-refractivity contribution in [3.05, 3.63) is 47.0 Å². The molecule has 2 aliphatic heterocycles. The Bertz CT molecular complexity index is 1320. The molecule has 9 nitrogen and oxygen atoms in total. The predicted octanol–water partition coefficient (Wildman–Crippen LogP) is 2.89. The standard InChI is InChI=1S/C20H21ClN4O5S2/c21-16-12-17-13(10-20(26)23-17)9-18(16)32(29,30)24-14-5-4-6-15(11-14)31(27,28)25-19-7-2-1-3-8-22-19/h4-6,9,11-12,24H,1-3,7-8,10H2,(H,22,25)(H,23,26). The summed E-state index contributed by atoms with van der Waals surface area (Å²) in [6.45, 7) is 0.570. The topological polar surface area (TPSA) is 134 Å². The van der Waals surface area contributed by atoms with Gasteiger partial charge in [-0.2, -0.15) is 0 Å². The van der Waals surface area contributed by atoms with Crippen molar-refractivity contribution in [3.8, 4) is 0 Å². The number of anilines is 2. The summed E-state index contributed by atoms with van der Waals surface area (Å²) in [6.07, 6.45) is 3.35. The van der Waals surface area contributed by atoms with Gasteiger partial charge in [0.1, 0.15) is 10.7 Å². The van der Waals surface area contributed by atoms with E-state index in [2.05, 4.69) is 19.8 Å². The number of benzene rings is 2. The van der Waals surface area contributed by atoms with Gasteiger partial charge in [-0.3, -0.25) is 19.2 Å². The molecule has 0 unspecified atom stereocenters.